The van der Waals surface area contributed by atoms with Crippen molar-refractivity contribution in [3.8, 4) is 11.5 Å². The molecule has 2 amide bonds. The highest BCUT2D eigenvalue weighted by Crippen LogP contribution is 2.36. The second-order valence-electron chi connectivity index (χ2n) is 4.95. The van der Waals surface area contributed by atoms with Crippen LogP contribution in [0.15, 0.2) is 23.1 Å². The molecule has 2 N–H and O–H groups in total. The first kappa shape index (κ1) is 16.6. The molecule has 7 nitrogen and oxygen atoms in total. The quantitative estimate of drug-likeness (QED) is 0.615. The van der Waals surface area contributed by atoms with Gasteiger partial charge in [0, 0.05) is 20.1 Å². The van der Waals surface area contributed by atoms with Gasteiger partial charge >= 0.3 is 0 Å². The third-order valence-corrected chi connectivity index (χ3v) is 4.67. The van der Waals surface area contributed by atoms with E-state index in [1.54, 1.807) is 25.3 Å². The second-order valence-corrected chi connectivity index (χ2v) is 6.35. The first-order valence-corrected chi connectivity index (χ1v) is 8.41. The lowest BCUT2D eigenvalue weighted by Crippen LogP contribution is -2.40. The number of fused-ring (bicyclic) bond motifs is 1. The number of thioether (sulfide) groups is 1. The molecule has 0 aliphatic carbocycles. The van der Waals surface area contributed by atoms with Crippen LogP contribution in [-0.4, -0.2) is 48.1 Å². The molecule has 0 radical (unpaired) electrons. The maximum absolute atomic E-state index is 12.4. The minimum atomic E-state index is -0.306. The van der Waals surface area contributed by atoms with E-state index in [1.165, 1.54) is 4.90 Å². The number of rotatable bonds is 4. The van der Waals surface area contributed by atoms with Crippen molar-refractivity contribution in [2.24, 2.45) is 0 Å². The van der Waals surface area contributed by atoms with Gasteiger partial charge < -0.3 is 20.1 Å². The average molecular weight is 365 g/mol. The van der Waals surface area contributed by atoms with Crippen LogP contribution in [0.1, 0.15) is 5.56 Å². The summed E-state index contributed by atoms with van der Waals surface area (Å²) >= 11 is 5.88. The minimum absolute atomic E-state index is 0.191. The number of nitrogens with zero attached hydrogens (tertiary/aromatic N) is 1. The number of imide groups is 1. The first-order chi connectivity index (χ1) is 11.6. The predicted molar refractivity (Wildman–Crippen MR) is 94.9 cm³/mol. The number of nitrogens with one attached hydrogen (secondary N) is 2. The Bertz CT molecular complexity index is 735. The van der Waals surface area contributed by atoms with Gasteiger partial charge in [0.05, 0.1) is 4.91 Å². The zero-order chi connectivity index (χ0) is 17.1. The number of hydrogen-bond acceptors (Lipinski definition) is 6. The number of amides is 2. The Morgan fingerprint density at radius 3 is 2.96 bits per heavy atom. The summed E-state index contributed by atoms with van der Waals surface area (Å²) < 4.78 is 10.6. The summed E-state index contributed by atoms with van der Waals surface area (Å²) in [6.45, 7) is 0.844. The van der Waals surface area contributed by atoms with Crippen molar-refractivity contribution in [2.45, 2.75) is 0 Å². The Labute approximate surface area is 148 Å². The molecule has 0 atom stereocenters. The molecule has 0 spiro atoms. The van der Waals surface area contributed by atoms with Crippen LogP contribution in [0.5, 0.6) is 11.5 Å². The van der Waals surface area contributed by atoms with Gasteiger partial charge in [0.1, 0.15) is 0 Å². The summed E-state index contributed by atoms with van der Waals surface area (Å²) in [5.74, 6) is 0.999. The summed E-state index contributed by atoms with van der Waals surface area (Å²) in [5, 5.41) is 5.86. The highest BCUT2D eigenvalue weighted by molar-refractivity contribution is 8.18. The maximum atomic E-state index is 12.4. The third kappa shape index (κ3) is 3.46. The fourth-order valence-electron chi connectivity index (χ4n) is 2.22. The van der Waals surface area contributed by atoms with E-state index in [4.69, 9.17) is 21.7 Å². The number of benzene rings is 1. The van der Waals surface area contributed by atoms with Crippen LogP contribution < -0.4 is 20.1 Å². The number of ether oxygens (including phenoxy) is 2. The lowest BCUT2D eigenvalue weighted by molar-refractivity contribution is -0.122. The van der Waals surface area contributed by atoms with Gasteiger partial charge in [-0.05, 0) is 47.8 Å². The van der Waals surface area contributed by atoms with E-state index in [9.17, 15) is 9.59 Å². The van der Waals surface area contributed by atoms with E-state index in [-0.39, 0.29) is 24.5 Å². The minimum Gasteiger partial charge on any atom is -0.454 e. The van der Waals surface area contributed by atoms with Crippen molar-refractivity contribution < 1.29 is 19.1 Å². The fraction of sp³-hybridized carbons (Fsp3) is 0.267. The van der Waals surface area contributed by atoms with E-state index < -0.39 is 0 Å². The standard InChI is InChI=1S/C15H15N3O4S2/c1-16-14(23)17-4-5-18-13(19)12(24-15(18)20)7-9-2-3-10-11(6-9)22-8-21-10/h2-3,6-7H,4-5,8H2,1H3,(H2,16,17,23)/b12-7-. The average Bonchev–Trinajstić information content (AvgIpc) is 3.14. The van der Waals surface area contributed by atoms with E-state index in [0.717, 1.165) is 17.3 Å². The largest absolute Gasteiger partial charge is 0.454 e. The number of thiocarbonyl (C=S) groups is 1. The Hall–Kier alpha value is -2.26. The lowest BCUT2D eigenvalue weighted by Gasteiger charge is -2.13. The van der Waals surface area contributed by atoms with Gasteiger partial charge in [0.15, 0.2) is 16.6 Å². The summed E-state index contributed by atoms with van der Waals surface area (Å²) in [6, 6.07) is 5.37. The van der Waals surface area contributed by atoms with Gasteiger partial charge in [-0.15, -0.1) is 0 Å². The van der Waals surface area contributed by atoms with Crippen molar-refractivity contribution in [1.82, 2.24) is 15.5 Å². The Kier molecular flexibility index (Phi) is 4.91. The zero-order valence-electron chi connectivity index (χ0n) is 12.8. The summed E-state index contributed by atoms with van der Waals surface area (Å²) in [4.78, 5) is 26.0. The molecule has 126 valence electrons. The van der Waals surface area contributed by atoms with E-state index >= 15 is 0 Å². The smallest absolute Gasteiger partial charge is 0.293 e. The van der Waals surface area contributed by atoms with Gasteiger partial charge in [-0.1, -0.05) is 6.07 Å². The molecule has 3 rings (SSSR count). The predicted octanol–water partition coefficient (Wildman–Crippen LogP) is 1.55. The Balaban J connectivity index is 1.68. The van der Waals surface area contributed by atoms with E-state index in [1.807, 2.05) is 6.07 Å². The van der Waals surface area contributed by atoms with Crippen LogP contribution in [0.4, 0.5) is 4.79 Å². The summed E-state index contributed by atoms with van der Waals surface area (Å²) in [7, 11) is 1.70. The molecule has 2 heterocycles. The molecule has 2 aliphatic heterocycles. The van der Waals surface area contributed by atoms with Crippen LogP contribution in [-0.2, 0) is 4.79 Å². The van der Waals surface area contributed by atoms with Crippen molar-refractivity contribution in [1.29, 1.82) is 0 Å². The van der Waals surface area contributed by atoms with Gasteiger partial charge in [-0.3, -0.25) is 14.5 Å². The van der Waals surface area contributed by atoms with Crippen molar-refractivity contribution in [3.63, 3.8) is 0 Å². The lowest BCUT2D eigenvalue weighted by atomic mass is 10.2. The Morgan fingerprint density at radius 1 is 1.38 bits per heavy atom. The molecule has 1 aromatic carbocycles. The van der Waals surface area contributed by atoms with Crippen LogP contribution in [0, 0.1) is 0 Å². The summed E-state index contributed by atoms with van der Waals surface area (Å²) in [6.07, 6.45) is 1.68. The topological polar surface area (TPSA) is 79.9 Å². The molecule has 1 fully saturated rings. The van der Waals surface area contributed by atoms with Gasteiger partial charge in [-0.25, -0.2) is 0 Å². The second kappa shape index (κ2) is 7.10. The highest BCUT2D eigenvalue weighted by Gasteiger charge is 2.34. The fourth-order valence-corrected chi connectivity index (χ4v) is 3.18. The molecule has 2 aliphatic rings. The van der Waals surface area contributed by atoms with Gasteiger partial charge in [0.25, 0.3) is 11.1 Å². The molecule has 0 saturated carbocycles. The van der Waals surface area contributed by atoms with E-state index in [2.05, 4.69) is 10.6 Å². The molecular formula is C15H15N3O4S2. The molecule has 9 heteroatoms. The van der Waals surface area contributed by atoms with Crippen LogP contribution in [0.3, 0.4) is 0 Å². The van der Waals surface area contributed by atoms with Crippen LogP contribution >= 0.6 is 24.0 Å². The normalized spacial score (nSPS) is 17.5. The zero-order valence-corrected chi connectivity index (χ0v) is 14.5. The van der Waals surface area contributed by atoms with Crippen LogP contribution in [0.25, 0.3) is 6.08 Å². The molecule has 1 aromatic rings. The SMILES string of the molecule is CNC(=S)NCCN1C(=O)S/C(=C\c2ccc3c(c2)OCO3)C1=O. The molecular weight excluding hydrogens is 350 g/mol. The number of carbonyl (C=O) groups excluding carboxylic acids is 2. The van der Waals surface area contributed by atoms with E-state index in [0.29, 0.717) is 28.1 Å². The molecule has 0 aromatic heterocycles. The highest BCUT2D eigenvalue weighted by atomic mass is 32.2. The first-order valence-electron chi connectivity index (χ1n) is 7.19. The maximum Gasteiger partial charge on any atom is 0.293 e. The number of hydrogen-bond donors (Lipinski definition) is 2. The monoisotopic (exact) mass is 365 g/mol. The molecule has 1 saturated heterocycles. The number of carbonyl (C=O) groups is 2. The molecule has 24 heavy (non-hydrogen) atoms. The Morgan fingerprint density at radius 2 is 2.17 bits per heavy atom. The van der Waals surface area contributed by atoms with Crippen molar-refractivity contribution in [2.75, 3.05) is 26.9 Å². The van der Waals surface area contributed by atoms with Crippen LogP contribution in [0.2, 0.25) is 0 Å². The molecule has 0 unspecified atom stereocenters. The third-order valence-electron chi connectivity index (χ3n) is 3.42. The van der Waals surface area contributed by atoms with Crippen molar-refractivity contribution in [3.05, 3.63) is 28.7 Å². The van der Waals surface area contributed by atoms with Gasteiger partial charge in [0.2, 0.25) is 6.79 Å². The molecule has 0 bridgehead atoms. The van der Waals surface area contributed by atoms with Gasteiger partial charge in [-0.2, -0.15) is 0 Å². The van der Waals surface area contributed by atoms with Crippen molar-refractivity contribution >= 4 is 46.3 Å². The summed E-state index contributed by atoms with van der Waals surface area (Å²) in [5.41, 5.74) is 0.777.